The summed E-state index contributed by atoms with van der Waals surface area (Å²) in [6.07, 6.45) is 6.55. The van der Waals surface area contributed by atoms with E-state index in [1.807, 2.05) is 13.8 Å². The zero-order valence-corrected chi connectivity index (χ0v) is 9.31. The Morgan fingerprint density at radius 1 is 1.12 bits per heavy atom. The number of nitrogens with zero attached hydrogens (tertiary/aromatic N) is 4. The van der Waals surface area contributed by atoms with Gasteiger partial charge in [-0.05, 0) is 13.8 Å². The van der Waals surface area contributed by atoms with Gasteiger partial charge in [0.1, 0.15) is 18.5 Å². The van der Waals surface area contributed by atoms with E-state index in [4.69, 9.17) is 0 Å². The third-order valence-electron chi connectivity index (χ3n) is 2.26. The van der Waals surface area contributed by atoms with Crippen molar-refractivity contribution in [1.29, 1.82) is 0 Å². The summed E-state index contributed by atoms with van der Waals surface area (Å²) in [5.41, 5.74) is 2.78. The maximum atomic E-state index is 4.26. The summed E-state index contributed by atoms with van der Waals surface area (Å²) in [7, 11) is 0. The van der Waals surface area contributed by atoms with Crippen LogP contribution in [0.5, 0.6) is 0 Å². The summed E-state index contributed by atoms with van der Waals surface area (Å²) in [5, 5.41) is 3.19. The van der Waals surface area contributed by atoms with Crippen molar-refractivity contribution in [2.24, 2.45) is 0 Å². The minimum Gasteiger partial charge on any atom is -0.370 e. The third kappa shape index (κ3) is 1.98. The van der Waals surface area contributed by atoms with Crippen molar-refractivity contribution in [1.82, 2.24) is 19.9 Å². The molecule has 0 saturated carbocycles. The predicted molar refractivity (Wildman–Crippen MR) is 62.0 cm³/mol. The van der Waals surface area contributed by atoms with Crippen molar-refractivity contribution < 1.29 is 0 Å². The Labute approximate surface area is 94.0 Å². The van der Waals surface area contributed by atoms with Crippen LogP contribution in [0.4, 0.5) is 5.82 Å². The van der Waals surface area contributed by atoms with Crippen LogP contribution in [0, 0.1) is 6.92 Å². The molecule has 5 heteroatoms. The van der Waals surface area contributed by atoms with E-state index >= 15 is 0 Å². The van der Waals surface area contributed by atoms with Crippen molar-refractivity contribution in [3.8, 4) is 11.3 Å². The minimum atomic E-state index is 0.836. The van der Waals surface area contributed by atoms with Gasteiger partial charge in [-0.1, -0.05) is 0 Å². The van der Waals surface area contributed by atoms with E-state index < -0.39 is 0 Å². The van der Waals surface area contributed by atoms with Gasteiger partial charge < -0.3 is 5.32 Å². The van der Waals surface area contributed by atoms with Crippen LogP contribution in [0.2, 0.25) is 0 Å². The van der Waals surface area contributed by atoms with Crippen LogP contribution in [0.15, 0.2) is 25.0 Å². The number of aromatic nitrogens is 4. The molecule has 0 fully saturated rings. The van der Waals surface area contributed by atoms with Gasteiger partial charge in [0.15, 0.2) is 0 Å². The normalized spacial score (nSPS) is 10.1. The van der Waals surface area contributed by atoms with Crippen molar-refractivity contribution >= 4 is 5.82 Å². The van der Waals surface area contributed by atoms with E-state index in [-0.39, 0.29) is 0 Å². The monoisotopic (exact) mass is 215 g/mol. The van der Waals surface area contributed by atoms with Gasteiger partial charge in [-0.25, -0.2) is 19.9 Å². The molecule has 0 aliphatic carbocycles. The van der Waals surface area contributed by atoms with Gasteiger partial charge in [0.25, 0.3) is 0 Å². The van der Waals surface area contributed by atoms with Crippen LogP contribution < -0.4 is 5.32 Å². The zero-order chi connectivity index (χ0) is 11.4. The molecule has 2 aromatic heterocycles. The molecule has 0 unspecified atom stereocenters. The highest BCUT2D eigenvalue weighted by Crippen LogP contribution is 2.22. The van der Waals surface area contributed by atoms with Gasteiger partial charge in [0.2, 0.25) is 0 Å². The van der Waals surface area contributed by atoms with Gasteiger partial charge in [-0.2, -0.15) is 0 Å². The second-order valence-corrected chi connectivity index (χ2v) is 3.35. The molecule has 82 valence electrons. The Bertz CT molecular complexity index is 469. The largest absolute Gasteiger partial charge is 0.370 e. The summed E-state index contributed by atoms with van der Waals surface area (Å²) in [4.78, 5) is 16.4. The number of rotatable bonds is 3. The summed E-state index contributed by atoms with van der Waals surface area (Å²) >= 11 is 0. The second-order valence-electron chi connectivity index (χ2n) is 3.35. The lowest BCUT2D eigenvalue weighted by atomic mass is 10.1. The van der Waals surface area contributed by atoms with Crippen molar-refractivity contribution in [3.05, 3.63) is 30.6 Å². The molecule has 0 spiro atoms. The Morgan fingerprint density at radius 3 is 2.56 bits per heavy atom. The fourth-order valence-corrected chi connectivity index (χ4v) is 1.51. The van der Waals surface area contributed by atoms with Gasteiger partial charge in [-0.3, -0.25) is 0 Å². The third-order valence-corrected chi connectivity index (χ3v) is 2.26. The molecule has 0 bridgehead atoms. The molecule has 0 radical (unpaired) electrons. The molecule has 5 nitrogen and oxygen atoms in total. The molecule has 0 saturated heterocycles. The first-order chi connectivity index (χ1) is 7.83. The SMILES string of the molecule is CCNc1ncnc(-c2cncnc2)c1C. The molecule has 0 aliphatic rings. The topological polar surface area (TPSA) is 63.6 Å². The van der Waals surface area contributed by atoms with Crippen molar-refractivity contribution in [2.45, 2.75) is 13.8 Å². The molecule has 0 aliphatic heterocycles. The lowest BCUT2D eigenvalue weighted by molar-refractivity contribution is 1.08. The maximum Gasteiger partial charge on any atom is 0.132 e. The Balaban J connectivity index is 2.46. The van der Waals surface area contributed by atoms with Gasteiger partial charge in [0.05, 0.1) is 5.69 Å². The van der Waals surface area contributed by atoms with E-state index in [1.54, 1.807) is 18.7 Å². The quantitative estimate of drug-likeness (QED) is 0.843. The molecule has 2 rings (SSSR count). The average Bonchev–Trinajstić information content (AvgIpc) is 2.33. The zero-order valence-electron chi connectivity index (χ0n) is 9.31. The van der Waals surface area contributed by atoms with Gasteiger partial charge in [0, 0.05) is 30.1 Å². The Hall–Kier alpha value is -2.04. The molecule has 1 N–H and O–H groups in total. The van der Waals surface area contributed by atoms with E-state index in [0.717, 1.165) is 29.2 Å². The second kappa shape index (κ2) is 4.65. The lowest BCUT2D eigenvalue weighted by Crippen LogP contribution is -2.03. The van der Waals surface area contributed by atoms with E-state index in [0.29, 0.717) is 0 Å². The highest BCUT2D eigenvalue weighted by molar-refractivity contribution is 5.66. The van der Waals surface area contributed by atoms with Crippen LogP contribution in [0.1, 0.15) is 12.5 Å². The van der Waals surface area contributed by atoms with Gasteiger partial charge >= 0.3 is 0 Å². The fraction of sp³-hybridized carbons (Fsp3) is 0.273. The van der Waals surface area contributed by atoms with Crippen LogP contribution >= 0.6 is 0 Å². The number of anilines is 1. The van der Waals surface area contributed by atoms with Crippen LogP contribution in [0.25, 0.3) is 11.3 Å². The summed E-state index contributed by atoms with van der Waals surface area (Å²) in [6, 6.07) is 0. The molecular formula is C11H13N5. The standard InChI is InChI=1S/C11H13N5/c1-3-14-11-8(2)10(15-7-16-11)9-4-12-6-13-5-9/h4-7H,3H2,1-2H3,(H,14,15,16). The molecule has 2 aromatic rings. The maximum absolute atomic E-state index is 4.26. The highest BCUT2D eigenvalue weighted by Gasteiger charge is 2.08. The first-order valence-corrected chi connectivity index (χ1v) is 5.13. The molecule has 0 atom stereocenters. The Kier molecular flexibility index (Phi) is 3.05. The molecule has 0 aromatic carbocycles. The van der Waals surface area contributed by atoms with Gasteiger partial charge in [-0.15, -0.1) is 0 Å². The first kappa shape index (κ1) is 10.5. The summed E-state index contributed by atoms with van der Waals surface area (Å²) in [5.74, 6) is 0.858. The van der Waals surface area contributed by atoms with Crippen LogP contribution in [-0.4, -0.2) is 26.5 Å². The predicted octanol–water partition coefficient (Wildman–Crippen LogP) is 1.67. The molecule has 16 heavy (non-hydrogen) atoms. The molecule has 0 amide bonds. The van der Waals surface area contributed by atoms with Crippen LogP contribution in [0.3, 0.4) is 0 Å². The highest BCUT2D eigenvalue weighted by atomic mass is 15.0. The smallest absolute Gasteiger partial charge is 0.132 e. The number of nitrogens with one attached hydrogen (secondary N) is 1. The summed E-state index contributed by atoms with van der Waals surface area (Å²) < 4.78 is 0. The first-order valence-electron chi connectivity index (χ1n) is 5.13. The van der Waals surface area contributed by atoms with Crippen LogP contribution in [-0.2, 0) is 0 Å². The number of hydrogen-bond donors (Lipinski definition) is 1. The van der Waals surface area contributed by atoms with E-state index in [2.05, 4.69) is 25.3 Å². The van der Waals surface area contributed by atoms with Crippen molar-refractivity contribution in [2.75, 3.05) is 11.9 Å². The fourth-order valence-electron chi connectivity index (χ4n) is 1.51. The lowest BCUT2D eigenvalue weighted by Gasteiger charge is -2.09. The molecular weight excluding hydrogens is 202 g/mol. The minimum absolute atomic E-state index is 0.836. The number of hydrogen-bond acceptors (Lipinski definition) is 5. The van der Waals surface area contributed by atoms with E-state index in [9.17, 15) is 0 Å². The molecule has 2 heterocycles. The summed E-state index contributed by atoms with van der Waals surface area (Å²) in [6.45, 7) is 4.86. The van der Waals surface area contributed by atoms with Crippen molar-refractivity contribution in [3.63, 3.8) is 0 Å². The Morgan fingerprint density at radius 2 is 1.88 bits per heavy atom. The average molecular weight is 215 g/mol. The van der Waals surface area contributed by atoms with E-state index in [1.165, 1.54) is 6.33 Å².